The normalized spacial score (nSPS) is 14.0. The summed E-state index contributed by atoms with van der Waals surface area (Å²) in [7, 11) is 1.25. The third-order valence-electron chi connectivity index (χ3n) is 3.46. The number of hydrogen-bond donors (Lipinski definition) is 2. The summed E-state index contributed by atoms with van der Waals surface area (Å²) < 4.78 is 4.71. The molecule has 0 fully saturated rings. The number of benzene rings is 1. The van der Waals surface area contributed by atoms with Gasteiger partial charge in [0.1, 0.15) is 5.70 Å². The van der Waals surface area contributed by atoms with Crippen LogP contribution in [0.2, 0.25) is 0 Å². The maximum Gasteiger partial charge on any atom is 0.337 e. The number of rotatable bonds is 6. The Morgan fingerprint density at radius 2 is 2.13 bits per heavy atom. The Bertz CT molecular complexity index is 674. The fraction of sp³-hybridized carbons (Fsp3) is 0.312. The molecular weight excluding hydrogens is 298 g/mol. The Morgan fingerprint density at radius 3 is 2.70 bits per heavy atom. The summed E-state index contributed by atoms with van der Waals surface area (Å²) in [5.74, 6) is -0.942. The van der Waals surface area contributed by atoms with Crippen molar-refractivity contribution >= 4 is 17.6 Å². The summed E-state index contributed by atoms with van der Waals surface area (Å²) in [6, 6.07) is 9.07. The van der Waals surface area contributed by atoms with Crippen molar-refractivity contribution in [1.82, 2.24) is 4.90 Å². The van der Waals surface area contributed by atoms with Crippen molar-refractivity contribution in [3.63, 3.8) is 0 Å². The average molecular weight is 315 g/mol. The van der Waals surface area contributed by atoms with E-state index in [9.17, 15) is 9.59 Å². The molecule has 0 saturated heterocycles. The molecule has 1 aliphatic heterocycles. The van der Waals surface area contributed by atoms with Crippen LogP contribution in [0.4, 0.5) is 5.69 Å². The minimum Gasteiger partial charge on any atom is -0.466 e. The zero-order valence-corrected chi connectivity index (χ0v) is 12.7. The first-order valence-corrected chi connectivity index (χ1v) is 7.05. The molecule has 0 spiro atoms. The molecule has 0 bridgehead atoms. The van der Waals surface area contributed by atoms with Gasteiger partial charge in [-0.15, -0.1) is 0 Å². The monoisotopic (exact) mass is 315 g/mol. The van der Waals surface area contributed by atoms with E-state index in [2.05, 4.69) is 11.4 Å². The smallest absolute Gasteiger partial charge is 0.337 e. The lowest BCUT2D eigenvalue weighted by molar-refractivity contribution is -0.136. The van der Waals surface area contributed by atoms with Crippen molar-refractivity contribution in [1.29, 1.82) is 5.26 Å². The Hall–Kier alpha value is -2.85. The van der Waals surface area contributed by atoms with Gasteiger partial charge in [-0.05, 0) is 17.7 Å². The second kappa shape index (κ2) is 7.42. The van der Waals surface area contributed by atoms with Gasteiger partial charge in [0.15, 0.2) is 0 Å². The van der Waals surface area contributed by atoms with Gasteiger partial charge in [0.2, 0.25) is 0 Å². The molecule has 120 valence electrons. The van der Waals surface area contributed by atoms with Crippen LogP contribution in [0.15, 0.2) is 35.5 Å². The van der Waals surface area contributed by atoms with Gasteiger partial charge in [-0.25, -0.2) is 4.79 Å². The number of carbonyl (C=O) groups excluding carboxylic acids is 2. The van der Waals surface area contributed by atoms with E-state index in [1.54, 1.807) is 24.3 Å². The predicted octanol–water partition coefficient (Wildman–Crippen LogP) is 0.426. The number of nitriles is 1. The van der Waals surface area contributed by atoms with Crippen molar-refractivity contribution in [2.75, 3.05) is 32.1 Å². The van der Waals surface area contributed by atoms with Gasteiger partial charge in [0, 0.05) is 12.2 Å². The lowest BCUT2D eigenvalue weighted by Gasteiger charge is -2.15. The molecule has 2 rings (SSSR count). The third-order valence-corrected chi connectivity index (χ3v) is 3.46. The molecule has 1 aromatic rings. The van der Waals surface area contributed by atoms with Crippen LogP contribution in [0.3, 0.4) is 0 Å². The van der Waals surface area contributed by atoms with E-state index in [-0.39, 0.29) is 36.9 Å². The topological polar surface area (TPSA) is 103 Å². The van der Waals surface area contributed by atoms with Crippen molar-refractivity contribution in [3.8, 4) is 6.07 Å². The van der Waals surface area contributed by atoms with Gasteiger partial charge in [0.25, 0.3) is 5.91 Å². The predicted molar refractivity (Wildman–Crippen MR) is 82.1 cm³/mol. The molecule has 0 unspecified atom stereocenters. The Balaban J connectivity index is 2.24. The number of aliphatic hydroxyl groups excluding tert-OH is 1. The van der Waals surface area contributed by atoms with Crippen molar-refractivity contribution in [3.05, 3.63) is 41.1 Å². The van der Waals surface area contributed by atoms with E-state index >= 15 is 0 Å². The summed E-state index contributed by atoms with van der Waals surface area (Å²) in [4.78, 5) is 25.6. The molecule has 1 heterocycles. The highest BCUT2D eigenvalue weighted by Crippen LogP contribution is 2.22. The fourth-order valence-corrected chi connectivity index (χ4v) is 2.29. The van der Waals surface area contributed by atoms with Gasteiger partial charge < -0.3 is 20.1 Å². The van der Waals surface area contributed by atoms with Crippen LogP contribution in [0.1, 0.15) is 5.56 Å². The number of nitrogens with zero attached hydrogens (tertiary/aromatic N) is 2. The summed E-state index contributed by atoms with van der Waals surface area (Å²) in [5.41, 5.74) is 1.87. The highest BCUT2D eigenvalue weighted by molar-refractivity contribution is 6.08. The molecule has 0 aromatic heterocycles. The Morgan fingerprint density at radius 1 is 1.43 bits per heavy atom. The molecule has 1 aromatic carbocycles. The molecule has 2 N–H and O–H groups in total. The largest absolute Gasteiger partial charge is 0.466 e. The highest BCUT2D eigenvalue weighted by Gasteiger charge is 2.34. The molecule has 7 nitrogen and oxygen atoms in total. The SMILES string of the molecule is COC(=O)C1=C(Nc2ccc(CC#N)cc2)C(=O)N(CCO)C1. The minimum absolute atomic E-state index is 0.0981. The molecule has 0 atom stereocenters. The van der Waals surface area contributed by atoms with Crippen LogP contribution in [0, 0.1) is 11.3 Å². The molecule has 1 amide bonds. The average Bonchev–Trinajstić information content (AvgIpc) is 2.86. The number of aliphatic hydroxyl groups is 1. The minimum atomic E-state index is -0.581. The summed E-state index contributed by atoms with van der Waals surface area (Å²) in [6.45, 7) is 0.0584. The molecule has 0 saturated carbocycles. The lowest BCUT2D eigenvalue weighted by Crippen LogP contribution is -2.31. The maximum atomic E-state index is 12.3. The van der Waals surface area contributed by atoms with E-state index in [4.69, 9.17) is 15.1 Å². The first kappa shape index (κ1) is 16.5. The van der Waals surface area contributed by atoms with Crippen molar-refractivity contribution in [2.45, 2.75) is 6.42 Å². The number of carbonyl (C=O) groups is 2. The molecular formula is C16H17N3O4. The second-order valence-electron chi connectivity index (χ2n) is 4.95. The molecule has 23 heavy (non-hydrogen) atoms. The number of ether oxygens (including phenoxy) is 1. The number of hydrogen-bond acceptors (Lipinski definition) is 6. The molecule has 0 radical (unpaired) electrons. The van der Waals surface area contributed by atoms with Gasteiger partial charge in [-0.3, -0.25) is 4.79 Å². The third kappa shape index (κ3) is 3.67. The van der Waals surface area contributed by atoms with Gasteiger partial charge in [-0.2, -0.15) is 5.26 Å². The van der Waals surface area contributed by atoms with Crippen LogP contribution in [0.25, 0.3) is 0 Å². The first-order chi connectivity index (χ1) is 11.1. The Kier molecular flexibility index (Phi) is 5.33. The van der Waals surface area contributed by atoms with Crippen LogP contribution in [-0.2, 0) is 20.7 Å². The number of β-amino-alcohol motifs (C(OH)–C–C–N with tert-alkyl or cyclic N) is 1. The van der Waals surface area contributed by atoms with Crippen molar-refractivity contribution < 1.29 is 19.4 Å². The molecule has 0 aliphatic carbocycles. The quantitative estimate of drug-likeness (QED) is 0.738. The van der Waals surface area contributed by atoms with E-state index in [0.29, 0.717) is 12.1 Å². The summed E-state index contributed by atoms with van der Waals surface area (Å²) in [6.07, 6.45) is 0.305. The number of nitrogens with one attached hydrogen (secondary N) is 1. The van der Waals surface area contributed by atoms with Crippen LogP contribution in [-0.4, -0.2) is 48.7 Å². The maximum absolute atomic E-state index is 12.3. The van der Waals surface area contributed by atoms with Gasteiger partial charge >= 0.3 is 5.97 Å². The van der Waals surface area contributed by atoms with Gasteiger partial charge in [-0.1, -0.05) is 12.1 Å². The van der Waals surface area contributed by atoms with E-state index in [1.165, 1.54) is 12.0 Å². The number of esters is 1. The first-order valence-electron chi connectivity index (χ1n) is 7.05. The molecule has 7 heteroatoms. The lowest BCUT2D eigenvalue weighted by atomic mass is 10.1. The number of anilines is 1. The zero-order chi connectivity index (χ0) is 16.8. The van der Waals surface area contributed by atoms with E-state index < -0.39 is 5.97 Å². The standard InChI is InChI=1S/C16H17N3O4/c1-23-16(22)13-10-19(8-9-20)15(21)14(13)18-12-4-2-11(3-5-12)6-7-17/h2-5,18,20H,6,8-10H2,1H3. The Labute approximate surface area is 133 Å². The van der Waals surface area contributed by atoms with Crippen LogP contribution >= 0.6 is 0 Å². The number of methoxy groups -OCH3 is 1. The zero-order valence-electron chi connectivity index (χ0n) is 12.7. The highest BCUT2D eigenvalue weighted by atomic mass is 16.5. The fourth-order valence-electron chi connectivity index (χ4n) is 2.29. The van der Waals surface area contributed by atoms with Crippen LogP contribution in [0.5, 0.6) is 0 Å². The van der Waals surface area contributed by atoms with E-state index in [1.807, 2.05) is 0 Å². The summed E-state index contributed by atoms with van der Waals surface area (Å²) >= 11 is 0. The number of amides is 1. The molecule has 1 aliphatic rings. The van der Waals surface area contributed by atoms with Gasteiger partial charge in [0.05, 0.1) is 38.3 Å². The summed E-state index contributed by atoms with van der Waals surface area (Å²) in [5, 5.41) is 20.6. The van der Waals surface area contributed by atoms with E-state index in [0.717, 1.165) is 5.56 Å². The van der Waals surface area contributed by atoms with Crippen LogP contribution < -0.4 is 5.32 Å². The second-order valence-corrected chi connectivity index (χ2v) is 4.95. The van der Waals surface area contributed by atoms with Crippen molar-refractivity contribution in [2.24, 2.45) is 0 Å².